The van der Waals surface area contributed by atoms with Crippen LogP contribution in [0.3, 0.4) is 0 Å². The molecular weight excluding hydrogens is 334 g/mol. The lowest BCUT2D eigenvalue weighted by Crippen LogP contribution is -2.12. The normalized spacial score (nSPS) is 10.9. The molecule has 3 rings (SSSR count). The van der Waals surface area contributed by atoms with E-state index in [1.165, 1.54) is 6.33 Å². The Morgan fingerprint density at radius 3 is 2.75 bits per heavy atom. The summed E-state index contributed by atoms with van der Waals surface area (Å²) in [6, 6.07) is 6.77. The summed E-state index contributed by atoms with van der Waals surface area (Å²) in [5, 5.41) is 3.45. The van der Waals surface area contributed by atoms with Crippen LogP contribution in [0.5, 0.6) is 0 Å². The molecule has 0 fully saturated rings. The maximum atomic E-state index is 12.4. The van der Waals surface area contributed by atoms with Gasteiger partial charge in [0.25, 0.3) is 5.56 Å². The zero-order chi connectivity index (χ0) is 17.1. The van der Waals surface area contributed by atoms with E-state index >= 15 is 0 Å². The van der Waals surface area contributed by atoms with Crippen LogP contribution in [-0.4, -0.2) is 33.2 Å². The summed E-state index contributed by atoms with van der Waals surface area (Å²) in [5.74, 6) is 0.0311. The van der Waals surface area contributed by atoms with Crippen LogP contribution >= 0.6 is 11.6 Å². The van der Waals surface area contributed by atoms with Crippen molar-refractivity contribution in [1.29, 1.82) is 0 Å². The number of hydrogen-bond acceptors (Lipinski definition) is 6. The van der Waals surface area contributed by atoms with Crippen molar-refractivity contribution in [2.24, 2.45) is 0 Å². The summed E-state index contributed by atoms with van der Waals surface area (Å²) in [7, 11) is 1.55. The van der Waals surface area contributed by atoms with Gasteiger partial charge in [0, 0.05) is 24.4 Å². The van der Waals surface area contributed by atoms with E-state index in [4.69, 9.17) is 16.3 Å². The number of benzene rings is 1. The number of nitrogens with one attached hydrogen (secondary N) is 2. The van der Waals surface area contributed by atoms with Crippen LogP contribution in [0, 0.1) is 0 Å². The van der Waals surface area contributed by atoms with Crippen LogP contribution < -0.4 is 16.4 Å². The number of fused-ring (bicyclic) bond motifs is 1. The molecule has 2 heterocycles. The van der Waals surface area contributed by atoms with E-state index < -0.39 is 11.1 Å². The minimum absolute atomic E-state index is 0.0107. The van der Waals surface area contributed by atoms with Gasteiger partial charge in [0.05, 0.1) is 12.9 Å². The van der Waals surface area contributed by atoms with Gasteiger partial charge in [-0.25, -0.2) is 4.98 Å². The summed E-state index contributed by atoms with van der Waals surface area (Å²) in [6.45, 7) is 0.792. The third kappa shape index (κ3) is 3.29. The molecule has 0 aliphatic heterocycles. The molecule has 2 N–H and O–H groups in total. The molecule has 2 aromatic heterocycles. The van der Waals surface area contributed by atoms with Crippen LogP contribution in [-0.2, 0) is 11.3 Å². The molecule has 0 saturated carbocycles. The number of methoxy groups -OCH3 is 1. The number of aromatic nitrogens is 4. The van der Waals surface area contributed by atoms with E-state index in [-0.39, 0.29) is 17.0 Å². The molecule has 0 amide bonds. The predicted octanol–water partition coefficient (Wildman–Crippen LogP) is 1.52. The van der Waals surface area contributed by atoms with Gasteiger partial charge in [-0.15, -0.1) is 0 Å². The number of aromatic amines is 1. The fraction of sp³-hybridized carbons (Fsp3) is 0.200. The number of nitrogens with zero attached hydrogens (tertiary/aromatic N) is 3. The van der Waals surface area contributed by atoms with Crippen molar-refractivity contribution in [3.8, 4) is 0 Å². The second-order valence-electron chi connectivity index (χ2n) is 4.98. The quantitative estimate of drug-likeness (QED) is 0.725. The number of imidazole rings is 1. The summed E-state index contributed by atoms with van der Waals surface area (Å²) in [4.78, 5) is 35.1. The van der Waals surface area contributed by atoms with Crippen molar-refractivity contribution in [1.82, 2.24) is 19.5 Å². The molecule has 9 heteroatoms. The molecule has 1 aromatic carbocycles. The first-order valence-electron chi connectivity index (χ1n) is 7.09. The average Bonchev–Trinajstić information content (AvgIpc) is 2.94. The van der Waals surface area contributed by atoms with E-state index in [1.54, 1.807) is 35.9 Å². The van der Waals surface area contributed by atoms with Gasteiger partial charge in [-0.05, 0) is 24.3 Å². The van der Waals surface area contributed by atoms with Crippen molar-refractivity contribution in [2.45, 2.75) is 6.54 Å². The highest BCUT2D eigenvalue weighted by Gasteiger charge is 2.11. The lowest BCUT2D eigenvalue weighted by Gasteiger charge is -2.02. The predicted molar refractivity (Wildman–Crippen MR) is 91.0 cm³/mol. The molecule has 0 bridgehead atoms. The van der Waals surface area contributed by atoms with Crippen molar-refractivity contribution in [3.05, 3.63) is 56.3 Å². The highest BCUT2D eigenvalue weighted by molar-refractivity contribution is 6.30. The van der Waals surface area contributed by atoms with Gasteiger partial charge in [0.1, 0.15) is 5.52 Å². The van der Waals surface area contributed by atoms with Gasteiger partial charge in [0.2, 0.25) is 5.95 Å². The number of hydrogen-bond donors (Lipinski definition) is 2. The third-order valence-electron chi connectivity index (χ3n) is 3.34. The van der Waals surface area contributed by atoms with Crippen LogP contribution in [0.2, 0.25) is 5.02 Å². The summed E-state index contributed by atoms with van der Waals surface area (Å²) in [6.07, 6.45) is 1.42. The number of anilines is 2. The molecule has 3 aromatic rings. The van der Waals surface area contributed by atoms with Crippen LogP contribution in [0.1, 0.15) is 0 Å². The molecule has 0 spiro atoms. The van der Waals surface area contributed by atoms with Crippen LogP contribution in [0.4, 0.5) is 11.6 Å². The Kier molecular flexibility index (Phi) is 4.59. The zero-order valence-electron chi connectivity index (χ0n) is 12.7. The molecule has 0 atom stereocenters. The standard InChI is InChI=1S/C15H14ClN5O3/c1-24-7-6-21-8-17-11-12(21)14(23)20-15(19-13(11)22)18-10-4-2-9(16)3-5-10/h2-5,8H,6-7H2,1H3,(H2,18,19,20,22,23). The van der Waals surface area contributed by atoms with Crippen molar-refractivity contribution in [3.63, 3.8) is 0 Å². The van der Waals surface area contributed by atoms with E-state index in [0.717, 1.165) is 0 Å². The minimum atomic E-state index is -0.601. The molecule has 0 unspecified atom stereocenters. The Labute approximate surface area is 141 Å². The molecule has 124 valence electrons. The highest BCUT2D eigenvalue weighted by atomic mass is 35.5. The fourth-order valence-corrected chi connectivity index (χ4v) is 2.34. The number of H-pyrrole nitrogens is 1. The van der Waals surface area contributed by atoms with Gasteiger partial charge < -0.3 is 14.6 Å². The molecule has 0 aliphatic rings. The maximum absolute atomic E-state index is 12.4. The average molecular weight is 348 g/mol. The molecule has 0 saturated heterocycles. The second-order valence-corrected chi connectivity index (χ2v) is 5.42. The zero-order valence-corrected chi connectivity index (χ0v) is 13.5. The Bertz CT molecular complexity index is 981. The lowest BCUT2D eigenvalue weighted by atomic mass is 10.3. The van der Waals surface area contributed by atoms with Gasteiger partial charge in [0.15, 0.2) is 5.52 Å². The van der Waals surface area contributed by atoms with Gasteiger partial charge in [-0.3, -0.25) is 14.6 Å². The van der Waals surface area contributed by atoms with Crippen molar-refractivity contribution >= 4 is 34.3 Å². The number of halogens is 1. The summed E-state index contributed by atoms with van der Waals surface area (Å²) >= 11 is 5.83. The van der Waals surface area contributed by atoms with Gasteiger partial charge in [-0.2, -0.15) is 4.98 Å². The smallest absolute Gasteiger partial charge is 0.301 e. The van der Waals surface area contributed by atoms with Crippen LogP contribution in [0.15, 0.2) is 40.2 Å². The molecular formula is C15H14ClN5O3. The minimum Gasteiger partial charge on any atom is -0.383 e. The molecule has 0 aliphatic carbocycles. The Morgan fingerprint density at radius 2 is 2.04 bits per heavy atom. The second kappa shape index (κ2) is 6.81. The van der Waals surface area contributed by atoms with E-state index in [2.05, 4.69) is 20.3 Å². The molecule has 0 radical (unpaired) electrons. The molecule has 8 nitrogen and oxygen atoms in total. The van der Waals surface area contributed by atoms with Crippen molar-refractivity contribution < 1.29 is 4.74 Å². The topological polar surface area (TPSA) is 102 Å². The first-order chi connectivity index (χ1) is 11.6. The monoisotopic (exact) mass is 347 g/mol. The first kappa shape index (κ1) is 16.2. The van der Waals surface area contributed by atoms with Crippen molar-refractivity contribution in [2.75, 3.05) is 19.0 Å². The highest BCUT2D eigenvalue weighted by Crippen LogP contribution is 2.15. The fourth-order valence-electron chi connectivity index (χ4n) is 2.21. The number of rotatable bonds is 5. The van der Waals surface area contributed by atoms with Gasteiger partial charge in [-0.1, -0.05) is 11.6 Å². The third-order valence-corrected chi connectivity index (χ3v) is 3.60. The lowest BCUT2D eigenvalue weighted by molar-refractivity contribution is 0.188. The van der Waals surface area contributed by atoms with Gasteiger partial charge >= 0.3 is 5.56 Å². The maximum Gasteiger partial charge on any atom is 0.301 e. The summed E-state index contributed by atoms with van der Waals surface area (Å²) < 4.78 is 6.55. The first-order valence-corrected chi connectivity index (χ1v) is 7.47. The number of ether oxygens (including phenoxy) is 1. The Balaban J connectivity index is 2.07. The largest absolute Gasteiger partial charge is 0.383 e. The van der Waals surface area contributed by atoms with E-state index in [1.807, 2.05) is 0 Å². The van der Waals surface area contributed by atoms with E-state index in [0.29, 0.717) is 23.9 Å². The SMILES string of the molecule is COCCn1cnc2c(=O)nc(Nc3ccc(Cl)cc3)[nH]c(=O)c21. The Hall–Kier alpha value is -2.71. The van der Waals surface area contributed by atoms with E-state index in [9.17, 15) is 9.59 Å². The van der Waals surface area contributed by atoms with Crippen LogP contribution in [0.25, 0.3) is 11.0 Å². The molecule has 24 heavy (non-hydrogen) atoms. The Morgan fingerprint density at radius 1 is 1.29 bits per heavy atom. The summed E-state index contributed by atoms with van der Waals surface area (Å²) in [5.41, 5.74) is -0.265.